The van der Waals surface area contributed by atoms with Gasteiger partial charge in [0.15, 0.2) is 0 Å². The highest BCUT2D eigenvalue weighted by Gasteiger charge is 2.26. The fourth-order valence-electron chi connectivity index (χ4n) is 2.93. The van der Waals surface area contributed by atoms with E-state index in [9.17, 15) is 4.79 Å². The third kappa shape index (κ3) is 5.48. The molecule has 7 heteroatoms. The molecule has 1 amide bonds. The van der Waals surface area contributed by atoms with Gasteiger partial charge in [0, 0.05) is 44.0 Å². The summed E-state index contributed by atoms with van der Waals surface area (Å²) in [5.41, 5.74) is 7.79. The number of rotatable bonds is 6. The molecule has 6 nitrogen and oxygen atoms in total. The van der Waals surface area contributed by atoms with Gasteiger partial charge in [-0.3, -0.25) is 14.4 Å². The monoisotopic (exact) mass is 343 g/mol. The van der Waals surface area contributed by atoms with Gasteiger partial charge < -0.3 is 11.1 Å². The minimum absolute atomic E-state index is 0. The van der Waals surface area contributed by atoms with E-state index in [1.54, 1.807) is 0 Å². The molecule has 1 unspecified atom stereocenters. The number of amides is 1. The number of piperidine rings is 1. The lowest BCUT2D eigenvalue weighted by Gasteiger charge is -2.31. The standard InChI is InChI=1S/C16H29N5O.ClH/c1-12(2)21-11-15(13(3)19-21)10-20-8-4-5-14(9-20)16(22)18-7-6-17;/h11-12,14H,4-10,17H2,1-3H3,(H,18,22);1H. The maximum absolute atomic E-state index is 12.1. The van der Waals surface area contributed by atoms with Gasteiger partial charge in [0.25, 0.3) is 0 Å². The Balaban J connectivity index is 0.00000264. The van der Waals surface area contributed by atoms with Crippen LogP contribution in [0.2, 0.25) is 0 Å². The van der Waals surface area contributed by atoms with Crippen LogP contribution in [0.4, 0.5) is 0 Å². The van der Waals surface area contributed by atoms with Crippen molar-refractivity contribution >= 4 is 18.3 Å². The van der Waals surface area contributed by atoms with Crippen molar-refractivity contribution < 1.29 is 4.79 Å². The SMILES string of the molecule is Cc1nn(C(C)C)cc1CN1CCCC(C(=O)NCCN)C1.Cl. The first-order valence-electron chi connectivity index (χ1n) is 8.26. The number of nitrogens with zero attached hydrogens (tertiary/aromatic N) is 3. The Hall–Kier alpha value is -1.11. The summed E-state index contributed by atoms with van der Waals surface area (Å²) in [6, 6.07) is 0.378. The summed E-state index contributed by atoms with van der Waals surface area (Å²) in [5, 5.41) is 7.48. The summed E-state index contributed by atoms with van der Waals surface area (Å²) in [4.78, 5) is 14.5. The summed E-state index contributed by atoms with van der Waals surface area (Å²) >= 11 is 0. The molecule has 0 aromatic carbocycles. The van der Waals surface area contributed by atoms with Gasteiger partial charge in [-0.15, -0.1) is 12.4 Å². The predicted octanol–water partition coefficient (Wildman–Crippen LogP) is 1.48. The molecular weight excluding hydrogens is 314 g/mol. The molecule has 3 N–H and O–H groups in total. The normalized spacial score (nSPS) is 18.7. The molecule has 0 spiro atoms. The van der Waals surface area contributed by atoms with Crippen LogP contribution in [0.25, 0.3) is 0 Å². The molecule has 0 radical (unpaired) electrons. The largest absolute Gasteiger partial charge is 0.355 e. The van der Waals surface area contributed by atoms with Crippen LogP contribution in [-0.2, 0) is 11.3 Å². The predicted molar refractivity (Wildman–Crippen MR) is 94.7 cm³/mol. The summed E-state index contributed by atoms with van der Waals surface area (Å²) < 4.78 is 2.01. The number of aryl methyl sites for hydroxylation is 1. The summed E-state index contributed by atoms with van der Waals surface area (Å²) in [5.74, 6) is 0.227. The number of halogens is 1. The van der Waals surface area contributed by atoms with Crippen LogP contribution < -0.4 is 11.1 Å². The van der Waals surface area contributed by atoms with Crippen LogP contribution in [0.1, 0.15) is 44.0 Å². The van der Waals surface area contributed by atoms with Gasteiger partial charge in [-0.2, -0.15) is 5.10 Å². The van der Waals surface area contributed by atoms with Crippen molar-refractivity contribution in [3.63, 3.8) is 0 Å². The Morgan fingerprint density at radius 1 is 1.52 bits per heavy atom. The Bertz CT molecular complexity index is 503. The molecule has 1 aliphatic heterocycles. The van der Waals surface area contributed by atoms with E-state index >= 15 is 0 Å². The topological polar surface area (TPSA) is 76.2 Å². The molecule has 2 rings (SSSR count). The van der Waals surface area contributed by atoms with Crippen LogP contribution in [-0.4, -0.2) is 46.8 Å². The van der Waals surface area contributed by atoms with Crippen LogP contribution in [0, 0.1) is 12.8 Å². The minimum Gasteiger partial charge on any atom is -0.355 e. The molecule has 1 fully saturated rings. The molecule has 23 heavy (non-hydrogen) atoms. The average Bonchev–Trinajstić information content (AvgIpc) is 2.86. The van der Waals surface area contributed by atoms with Gasteiger partial charge in [-0.25, -0.2) is 0 Å². The highest BCUT2D eigenvalue weighted by Crippen LogP contribution is 2.20. The maximum Gasteiger partial charge on any atom is 0.224 e. The first-order chi connectivity index (χ1) is 10.5. The van der Waals surface area contributed by atoms with Gasteiger partial charge >= 0.3 is 0 Å². The molecule has 0 aliphatic carbocycles. The molecule has 1 saturated heterocycles. The summed E-state index contributed by atoms with van der Waals surface area (Å²) in [6.07, 6.45) is 4.17. The molecule has 1 aliphatic rings. The van der Waals surface area contributed by atoms with Crippen molar-refractivity contribution in [2.75, 3.05) is 26.2 Å². The number of aromatic nitrogens is 2. The van der Waals surface area contributed by atoms with Crippen molar-refractivity contribution in [2.45, 2.75) is 46.2 Å². The fraction of sp³-hybridized carbons (Fsp3) is 0.750. The molecular formula is C16H30ClN5O. The zero-order chi connectivity index (χ0) is 16.1. The molecule has 2 heterocycles. The molecule has 0 bridgehead atoms. The van der Waals surface area contributed by atoms with Gasteiger partial charge in [-0.05, 0) is 40.2 Å². The minimum atomic E-state index is 0. The average molecular weight is 344 g/mol. The Kier molecular flexibility index (Phi) is 8.02. The Morgan fingerprint density at radius 3 is 2.87 bits per heavy atom. The lowest BCUT2D eigenvalue weighted by atomic mass is 9.96. The number of hydrogen-bond acceptors (Lipinski definition) is 4. The molecule has 1 aromatic rings. The van der Waals surface area contributed by atoms with Crippen LogP contribution in [0.5, 0.6) is 0 Å². The molecule has 132 valence electrons. The van der Waals surface area contributed by atoms with E-state index in [1.807, 2.05) is 4.68 Å². The molecule has 1 atom stereocenters. The van der Waals surface area contributed by atoms with E-state index in [2.05, 4.69) is 42.3 Å². The lowest BCUT2D eigenvalue weighted by Crippen LogP contribution is -2.43. The first kappa shape index (κ1) is 19.9. The lowest BCUT2D eigenvalue weighted by molar-refractivity contribution is -0.126. The van der Waals surface area contributed by atoms with E-state index in [1.165, 1.54) is 5.56 Å². The zero-order valence-electron chi connectivity index (χ0n) is 14.4. The van der Waals surface area contributed by atoms with Crippen LogP contribution in [0.15, 0.2) is 6.20 Å². The van der Waals surface area contributed by atoms with E-state index in [0.29, 0.717) is 19.1 Å². The Labute approximate surface area is 145 Å². The summed E-state index contributed by atoms with van der Waals surface area (Å²) in [7, 11) is 0. The van der Waals surface area contributed by atoms with Gasteiger partial charge in [0.2, 0.25) is 5.91 Å². The van der Waals surface area contributed by atoms with Crippen molar-refractivity contribution in [3.8, 4) is 0 Å². The van der Waals surface area contributed by atoms with E-state index in [4.69, 9.17) is 5.73 Å². The van der Waals surface area contributed by atoms with Crippen molar-refractivity contribution in [2.24, 2.45) is 11.7 Å². The van der Waals surface area contributed by atoms with Crippen molar-refractivity contribution in [1.82, 2.24) is 20.0 Å². The second-order valence-electron chi connectivity index (χ2n) is 6.47. The number of carbonyl (C=O) groups excluding carboxylic acids is 1. The van der Waals surface area contributed by atoms with Gasteiger partial charge in [0.05, 0.1) is 11.6 Å². The second-order valence-corrected chi connectivity index (χ2v) is 6.47. The highest BCUT2D eigenvalue weighted by atomic mass is 35.5. The maximum atomic E-state index is 12.1. The van der Waals surface area contributed by atoms with Crippen molar-refractivity contribution in [3.05, 3.63) is 17.5 Å². The first-order valence-corrected chi connectivity index (χ1v) is 8.26. The molecule has 1 aromatic heterocycles. The molecule has 0 saturated carbocycles. The number of nitrogens with one attached hydrogen (secondary N) is 1. The fourth-order valence-corrected chi connectivity index (χ4v) is 2.93. The number of likely N-dealkylation sites (tertiary alicyclic amines) is 1. The Morgan fingerprint density at radius 2 is 2.26 bits per heavy atom. The van der Waals surface area contributed by atoms with E-state index in [0.717, 1.165) is 38.2 Å². The zero-order valence-corrected chi connectivity index (χ0v) is 15.2. The quantitative estimate of drug-likeness (QED) is 0.820. The summed E-state index contributed by atoms with van der Waals surface area (Å²) in [6.45, 7) is 10.1. The van der Waals surface area contributed by atoms with E-state index < -0.39 is 0 Å². The van der Waals surface area contributed by atoms with Crippen LogP contribution >= 0.6 is 12.4 Å². The van der Waals surface area contributed by atoms with Gasteiger partial charge in [0.1, 0.15) is 0 Å². The smallest absolute Gasteiger partial charge is 0.224 e. The third-order valence-electron chi connectivity index (χ3n) is 4.26. The van der Waals surface area contributed by atoms with Crippen LogP contribution in [0.3, 0.4) is 0 Å². The van der Waals surface area contributed by atoms with Crippen molar-refractivity contribution in [1.29, 1.82) is 0 Å². The van der Waals surface area contributed by atoms with E-state index in [-0.39, 0.29) is 24.2 Å². The second kappa shape index (κ2) is 9.25. The van der Waals surface area contributed by atoms with Gasteiger partial charge in [-0.1, -0.05) is 0 Å². The highest BCUT2D eigenvalue weighted by molar-refractivity contribution is 5.85. The third-order valence-corrected chi connectivity index (χ3v) is 4.26. The number of hydrogen-bond donors (Lipinski definition) is 2. The number of nitrogens with two attached hydrogens (primary N) is 1. The number of carbonyl (C=O) groups is 1.